The molecule has 0 spiro atoms. The molecule has 0 saturated heterocycles. The average molecular weight is 689 g/mol. The van der Waals surface area contributed by atoms with Crippen molar-refractivity contribution < 1.29 is 19.4 Å². The van der Waals surface area contributed by atoms with E-state index >= 15 is 0 Å². The van der Waals surface area contributed by atoms with Gasteiger partial charge in [0, 0.05) is 17.5 Å². The number of carboxylic acid groups (broad SMARTS) is 1. The topological polar surface area (TPSA) is 116 Å². The molecule has 0 aliphatic heterocycles. The van der Waals surface area contributed by atoms with Crippen LogP contribution in [0.15, 0.2) is 77.9 Å². The summed E-state index contributed by atoms with van der Waals surface area (Å²) in [7, 11) is 0. The molecule has 0 fully saturated rings. The molecule has 0 amide bonds. The van der Waals surface area contributed by atoms with Crippen molar-refractivity contribution in [1.29, 1.82) is 0 Å². The lowest BCUT2D eigenvalue weighted by Crippen LogP contribution is -2.29. The van der Waals surface area contributed by atoms with Crippen LogP contribution < -0.4 is 15.0 Å². The van der Waals surface area contributed by atoms with Crippen molar-refractivity contribution in [2.45, 2.75) is 99.0 Å². The first-order chi connectivity index (χ1) is 24.7. The van der Waals surface area contributed by atoms with E-state index in [1.54, 1.807) is 12.4 Å². The molecule has 0 saturated carbocycles. The van der Waals surface area contributed by atoms with Gasteiger partial charge in [-0.2, -0.15) is 0 Å². The van der Waals surface area contributed by atoms with Gasteiger partial charge in [-0.15, -0.1) is 0 Å². The Bertz CT molecular complexity index is 1980. The number of carbonyl (C=O) groups is 1. The molecule has 2 heterocycles. The lowest BCUT2D eigenvalue weighted by atomic mass is 9.94. The van der Waals surface area contributed by atoms with Crippen LogP contribution in [-0.4, -0.2) is 30.6 Å². The Morgan fingerprint density at radius 1 is 0.804 bits per heavy atom. The number of ether oxygens (including phenoxy) is 2. The molecule has 2 aromatic heterocycles. The quantitative estimate of drug-likeness (QED) is 0.103. The molecule has 266 valence electrons. The Morgan fingerprint density at radius 2 is 1.49 bits per heavy atom. The maximum Gasteiger partial charge on any atom is 0.307 e. The first-order valence-electron chi connectivity index (χ1n) is 18.0. The van der Waals surface area contributed by atoms with Crippen molar-refractivity contribution in [3.05, 3.63) is 134 Å². The van der Waals surface area contributed by atoms with Crippen LogP contribution in [0, 0.1) is 13.8 Å². The summed E-state index contributed by atoms with van der Waals surface area (Å²) in [5, 5.41) is 9.58. The molecule has 0 radical (unpaired) electrons. The molecule has 0 atom stereocenters. The maximum absolute atomic E-state index is 14.4. The van der Waals surface area contributed by atoms with Gasteiger partial charge < -0.3 is 14.6 Å². The number of para-hydroxylation sites is 1. The smallest absolute Gasteiger partial charge is 0.307 e. The van der Waals surface area contributed by atoms with Crippen molar-refractivity contribution in [3.8, 4) is 23.2 Å². The molecule has 0 bridgehead atoms. The highest BCUT2D eigenvalue weighted by molar-refractivity contribution is 5.72. The first kappa shape index (κ1) is 37.0. The minimum Gasteiger partial charge on any atom is -0.486 e. The van der Waals surface area contributed by atoms with E-state index < -0.39 is 5.97 Å². The van der Waals surface area contributed by atoms with Crippen molar-refractivity contribution in [1.82, 2.24) is 19.5 Å². The van der Waals surface area contributed by atoms with E-state index in [4.69, 9.17) is 14.5 Å². The number of aliphatic carboxylic acids is 1. The third-order valence-corrected chi connectivity index (χ3v) is 8.82. The van der Waals surface area contributed by atoms with Gasteiger partial charge in [0.2, 0.25) is 5.95 Å². The molecule has 0 aliphatic carbocycles. The summed E-state index contributed by atoms with van der Waals surface area (Å²) in [6.45, 7) is 10.5. The fourth-order valence-electron chi connectivity index (χ4n) is 6.36. The third-order valence-electron chi connectivity index (χ3n) is 8.82. The van der Waals surface area contributed by atoms with E-state index in [-0.39, 0.29) is 17.9 Å². The largest absolute Gasteiger partial charge is 0.486 e. The molecular formula is C42H48N4O5. The van der Waals surface area contributed by atoms with Gasteiger partial charge in [0.25, 0.3) is 5.56 Å². The van der Waals surface area contributed by atoms with Crippen LogP contribution in [0.5, 0.6) is 17.2 Å². The molecule has 5 aromatic rings. The fourth-order valence-corrected chi connectivity index (χ4v) is 6.36. The Kier molecular flexibility index (Phi) is 12.7. The standard InChI is InChI=1S/C42H48N4O5/c1-6-9-20-37-36(41(49)46(29(5)45-37)42-43-25-35(26-44-42)50-27-30-17-11-10-12-18-30)23-31-21-32(14-7-2)40(33(22-31)15-8-3)51-39-28(4)16-13-19-34(39)24-38(47)48/h10-13,16-19,21-22,25-26H,6-9,14-15,20,23-24,27H2,1-5H3,(H,47,48). The summed E-state index contributed by atoms with van der Waals surface area (Å²) >= 11 is 0. The molecule has 1 N–H and O–H groups in total. The second-order valence-electron chi connectivity index (χ2n) is 13.0. The maximum atomic E-state index is 14.4. The van der Waals surface area contributed by atoms with Crippen LogP contribution in [0.1, 0.15) is 96.9 Å². The van der Waals surface area contributed by atoms with Crippen molar-refractivity contribution in [2.75, 3.05) is 0 Å². The highest BCUT2D eigenvalue weighted by atomic mass is 16.5. The Balaban J connectivity index is 1.53. The number of aryl methyl sites for hydroxylation is 5. The summed E-state index contributed by atoms with van der Waals surface area (Å²) in [6.07, 6.45) is 9.36. The second-order valence-corrected chi connectivity index (χ2v) is 13.0. The fraction of sp³-hybridized carbons (Fsp3) is 0.357. The minimum absolute atomic E-state index is 0.123. The highest BCUT2D eigenvalue weighted by Crippen LogP contribution is 2.37. The number of hydrogen-bond donors (Lipinski definition) is 1. The van der Waals surface area contributed by atoms with Gasteiger partial charge in [-0.05, 0) is 67.3 Å². The summed E-state index contributed by atoms with van der Waals surface area (Å²) in [5.74, 6) is 1.75. The predicted octanol–water partition coefficient (Wildman–Crippen LogP) is 8.48. The summed E-state index contributed by atoms with van der Waals surface area (Å²) in [4.78, 5) is 40.1. The molecule has 3 aromatic carbocycles. The number of aromatic nitrogens is 4. The highest BCUT2D eigenvalue weighted by Gasteiger charge is 2.21. The molecule has 9 heteroatoms. The van der Waals surface area contributed by atoms with Crippen molar-refractivity contribution in [3.63, 3.8) is 0 Å². The number of nitrogens with zero attached hydrogens (tertiary/aromatic N) is 4. The second kappa shape index (κ2) is 17.6. The van der Waals surface area contributed by atoms with Gasteiger partial charge in [0.05, 0.1) is 24.5 Å². The van der Waals surface area contributed by atoms with Gasteiger partial charge in [0.15, 0.2) is 5.75 Å². The van der Waals surface area contributed by atoms with Crippen molar-refractivity contribution >= 4 is 5.97 Å². The van der Waals surface area contributed by atoms with Gasteiger partial charge in [0.1, 0.15) is 23.9 Å². The van der Waals surface area contributed by atoms with Crippen LogP contribution in [0.4, 0.5) is 0 Å². The Hall–Kier alpha value is -5.31. The van der Waals surface area contributed by atoms with Crippen molar-refractivity contribution in [2.24, 2.45) is 0 Å². The Morgan fingerprint density at radius 3 is 2.12 bits per heavy atom. The first-order valence-corrected chi connectivity index (χ1v) is 18.0. The van der Waals surface area contributed by atoms with Crippen LogP contribution in [0.2, 0.25) is 0 Å². The van der Waals surface area contributed by atoms with Gasteiger partial charge in [-0.3, -0.25) is 9.59 Å². The zero-order valence-corrected chi connectivity index (χ0v) is 30.4. The van der Waals surface area contributed by atoms with E-state index in [0.717, 1.165) is 77.8 Å². The minimum atomic E-state index is -0.905. The summed E-state index contributed by atoms with van der Waals surface area (Å²) in [6, 6.07) is 19.8. The molecule has 0 aliphatic rings. The lowest BCUT2D eigenvalue weighted by molar-refractivity contribution is -0.136. The average Bonchev–Trinajstić information content (AvgIpc) is 3.11. The number of benzene rings is 3. The lowest BCUT2D eigenvalue weighted by Gasteiger charge is -2.21. The SMILES string of the molecule is CCCCc1nc(C)n(-c2ncc(OCc3ccccc3)cn2)c(=O)c1Cc1cc(CCC)c(Oc2c(C)cccc2CC(=O)O)c(CCC)c1. The summed E-state index contributed by atoms with van der Waals surface area (Å²) < 4.78 is 14.1. The molecule has 5 rings (SSSR count). The van der Waals surface area contributed by atoms with E-state index in [1.807, 2.05) is 62.4 Å². The zero-order valence-electron chi connectivity index (χ0n) is 30.4. The monoisotopic (exact) mass is 688 g/mol. The molecular weight excluding hydrogens is 640 g/mol. The van der Waals surface area contributed by atoms with E-state index in [0.29, 0.717) is 47.9 Å². The van der Waals surface area contributed by atoms with Crippen LogP contribution in [0.25, 0.3) is 5.95 Å². The number of hydrogen-bond acceptors (Lipinski definition) is 7. The third kappa shape index (κ3) is 9.28. The number of carboxylic acids is 1. The Labute approximate surface area is 300 Å². The molecule has 0 unspecified atom stereocenters. The van der Waals surface area contributed by atoms with E-state index in [1.165, 1.54) is 4.57 Å². The molecule has 9 nitrogen and oxygen atoms in total. The van der Waals surface area contributed by atoms with Crippen LogP contribution in [0.3, 0.4) is 0 Å². The number of unbranched alkanes of at least 4 members (excludes halogenated alkanes) is 1. The van der Waals surface area contributed by atoms with Gasteiger partial charge in [-0.1, -0.05) is 101 Å². The van der Waals surface area contributed by atoms with Crippen LogP contribution in [-0.2, 0) is 43.5 Å². The van der Waals surface area contributed by atoms with Gasteiger partial charge in [-0.25, -0.2) is 19.5 Å². The zero-order chi connectivity index (χ0) is 36.3. The molecule has 51 heavy (non-hydrogen) atoms. The summed E-state index contributed by atoms with van der Waals surface area (Å²) in [5.41, 5.74) is 6.87. The predicted molar refractivity (Wildman–Crippen MR) is 199 cm³/mol. The van der Waals surface area contributed by atoms with Gasteiger partial charge >= 0.3 is 5.97 Å². The van der Waals surface area contributed by atoms with Crippen LogP contribution >= 0.6 is 0 Å². The normalized spacial score (nSPS) is 11.1. The van der Waals surface area contributed by atoms with E-state index in [9.17, 15) is 14.7 Å². The number of rotatable bonds is 17. The van der Waals surface area contributed by atoms with E-state index in [2.05, 4.69) is 42.9 Å².